The van der Waals surface area contributed by atoms with Crippen molar-refractivity contribution in [1.82, 2.24) is 10.2 Å². The molecule has 1 aliphatic heterocycles. The number of amides is 2. The zero-order valence-corrected chi connectivity index (χ0v) is 17.3. The van der Waals surface area contributed by atoms with Gasteiger partial charge in [-0.15, -0.1) is 0 Å². The van der Waals surface area contributed by atoms with Crippen LogP contribution < -0.4 is 25.0 Å². The van der Waals surface area contributed by atoms with E-state index >= 15 is 0 Å². The number of aryl methyl sites for hydroxylation is 1. The smallest absolute Gasteiger partial charge is 0.261 e. The van der Waals surface area contributed by atoms with Crippen LogP contribution in [-0.4, -0.2) is 50.6 Å². The number of nitrogens with zero attached hydrogens (tertiary/aromatic N) is 1. The molecule has 0 saturated carbocycles. The van der Waals surface area contributed by atoms with E-state index in [4.69, 9.17) is 18.6 Å². The van der Waals surface area contributed by atoms with Crippen LogP contribution in [0.4, 0.5) is 0 Å². The van der Waals surface area contributed by atoms with Gasteiger partial charge in [0.1, 0.15) is 18.1 Å². The normalized spacial score (nSPS) is 15.2. The molecule has 9 heteroatoms. The highest BCUT2D eigenvalue weighted by molar-refractivity contribution is 5.89. The molecule has 1 aromatic heterocycles. The minimum atomic E-state index is -0.717. The summed E-state index contributed by atoms with van der Waals surface area (Å²) in [5.41, 5.74) is 1.36. The summed E-state index contributed by atoms with van der Waals surface area (Å²) in [7, 11) is 4.59. The molecule has 160 valence electrons. The van der Waals surface area contributed by atoms with E-state index in [2.05, 4.69) is 5.32 Å². The molecule has 0 fully saturated rings. The van der Waals surface area contributed by atoms with Crippen molar-refractivity contribution >= 4 is 11.8 Å². The predicted molar refractivity (Wildman–Crippen MR) is 107 cm³/mol. The fourth-order valence-corrected chi connectivity index (χ4v) is 3.40. The Bertz CT molecular complexity index is 1010. The molecule has 0 saturated heterocycles. The highest BCUT2D eigenvalue weighted by atomic mass is 16.5. The molecule has 0 spiro atoms. The Hall–Kier alpha value is -3.49. The number of ether oxygens (including phenoxy) is 3. The molecule has 0 bridgehead atoms. The third-order valence-electron chi connectivity index (χ3n) is 4.99. The Balaban J connectivity index is 1.85. The van der Waals surface area contributed by atoms with Crippen molar-refractivity contribution < 1.29 is 28.2 Å². The molecule has 2 heterocycles. The van der Waals surface area contributed by atoms with Gasteiger partial charge in [-0.3, -0.25) is 14.4 Å². The second-order valence-electron chi connectivity index (χ2n) is 6.84. The Labute approximate surface area is 173 Å². The minimum absolute atomic E-state index is 0.0609. The van der Waals surface area contributed by atoms with Gasteiger partial charge in [0, 0.05) is 26.1 Å². The highest BCUT2D eigenvalue weighted by Gasteiger charge is 2.35. The number of nitrogens with one attached hydrogen (secondary N) is 1. The zero-order valence-electron chi connectivity index (χ0n) is 17.3. The number of carbonyl (C=O) groups is 2. The van der Waals surface area contributed by atoms with Crippen LogP contribution in [0.3, 0.4) is 0 Å². The van der Waals surface area contributed by atoms with Gasteiger partial charge in [0.25, 0.3) is 5.91 Å². The van der Waals surface area contributed by atoms with Gasteiger partial charge in [-0.2, -0.15) is 0 Å². The molecule has 9 nitrogen and oxygen atoms in total. The molecule has 1 atom stereocenters. The van der Waals surface area contributed by atoms with E-state index in [0.29, 0.717) is 23.7 Å². The number of methoxy groups -OCH3 is 2. The molecule has 1 N–H and O–H groups in total. The van der Waals surface area contributed by atoms with Gasteiger partial charge in [-0.1, -0.05) is 0 Å². The summed E-state index contributed by atoms with van der Waals surface area (Å²) >= 11 is 0. The van der Waals surface area contributed by atoms with Crippen LogP contribution >= 0.6 is 0 Å². The third-order valence-corrected chi connectivity index (χ3v) is 4.99. The van der Waals surface area contributed by atoms with Crippen molar-refractivity contribution in [2.45, 2.75) is 25.9 Å². The lowest BCUT2D eigenvalue weighted by molar-refractivity contribution is -0.143. The lowest BCUT2D eigenvalue weighted by Gasteiger charge is -2.36. The van der Waals surface area contributed by atoms with E-state index in [1.165, 1.54) is 38.5 Å². The second kappa shape index (κ2) is 8.89. The molecule has 1 aromatic carbocycles. The molecule has 2 amide bonds. The maximum atomic E-state index is 12.9. The van der Waals surface area contributed by atoms with Crippen LogP contribution in [0.2, 0.25) is 0 Å². The quantitative estimate of drug-likeness (QED) is 0.750. The van der Waals surface area contributed by atoms with Crippen LogP contribution in [0.1, 0.15) is 16.9 Å². The van der Waals surface area contributed by atoms with Crippen LogP contribution in [-0.2, 0) is 22.6 Å². The number of fused-ring (bicyclic) bond motifs is 1. The van der Waals surface area contributed by atoms with Crippen molar-refractivity contribution in [1.29, 1.82) is 0 Å². The highest BCUT2D eigenvalue weighted by Crippen LogP contribution is 2.34. The van der Waals surface area contributed by atoms with Gasteiger partial charge >= 0.3 is 0 Å². The summed E-state index contributed by atoms with van der Waals surface area (Å²) in [6.45, 7) is 1.43. The van der Waals surface area contributed by atoms with Gasteiger partial charge in [0.05, 0.1) is 14.2 Å². The first-order valence-corrected chi connectivity index (χ1v) is 9.35. The summed E-state index contributed by atoms with van der Waals surface area (Å²) in [5.74, 6) is 0.754. The maximum Gasteiger partial charge on any atom is 0.261 e. The molecule has 3 rings (SSSR count). The number of rotatable bonds is 6. The van der Waals surface area contributed by atoms with Gasteiger partial charge in [-0.05, 0) is 30.2 Å². The van der Waals surface area contributed by atoms with E-state index in [1.807, 2.05) is 6.07 Å². The zero-order chi connectivity index (χ0) is 21.8. The summed E-state index contributed by atoms with van der Waals surface area (Å²) in [6, 6.07) is 4.18. The third kappa shape index (κ3) is 4.24. The second-order valence-corrected chi connectivity index (χ2v) is 6.84. The van der Waals surface area contributed by atoms with Gasteiger partial charge < -0.3 is 28.8 Å². The van der Waals surface area contributed by atoms with E-state index in [9.17, 15) is 14.4 Å². The van der Waals surface area contributed by atoms with Gasteiger partial charge in [-0.25, -0.2) is 0 Å². The number of hydrogen-bond donors (Lipinski definition) is 1. The van der Waals surface area contributed by atoms with Crippen molar-refractivity contribution in [3.8, 4) is 17.2 Å². The van der Waals surface area contributed by atoms with Gasteiger partial charge in [0.2, 0.25) is 17.1 Å². The van der Waals surface area contributed by atoms with Crippen molar-refractivity contribution in [2.75, 3.05) is 27.9 Å². The van der Waals surface area contributed by atoms with Crippen LogP contribution in [0.5, 0.6) is 17.2 Å². The average molecular weight is 416 g/mol. The average Bonchev–Trinajstić information content (AvgIpc) is 2.75. The fraction of sp³-hybridized carbons (Fsp3) is 0.381. The van der Waals surface area contributed by atoms with E-state index < -0.39 is 18.6 Å². The molecule has 0 unspecified atom stereocenters. The first-order valence-electron chi connectivity index (χ1n) is 9.35. The first-order chi connectivity index (χ1) is 14.4. The number of likely N-dealkylation sites (N-methyl/N-ethyl adjacent to an activating group) is 1. The van der Waals surface area contributed by atoms with Crippen molar-refractivity contribution in [3.63, 3.8) is 0 Å². The summed E-state index contributed by atoms with van der Waals surface area (Å²) in [4.78, 5) is 38.7. The fourth-order valence-electron chi connectivity index (χ4n) is 3.40. The first kappa shape index (κ1) is 21.2. The van der Waals surface area contributed by atoms with Crippen LogP contribution in [0, 0.1) is 6.92 Å². The Morgan fingerprint density at radius 3 is 2.40 bits per heavy atom. The summed E-state index contributed by atoms with van der Waals surface area (Å²) < 4.78 is 21.2. The molecular formula is C21H24N2O7. The molecule has 0 aliphatic carbocycles. The summed E-state index contributed by atoms with van der Waals surface area (Å²) in [6.07, 6.45) is 1.48. The monoisotopic (exact) mass is 416 g/mol. The van der Waals surface area contributed by atoms with E-state index in [1.54, 1.807) is 13.0 Å². The maximum absolute atomic E-state index is 12.9. The molecular weight excluding hydrogens is 392 g/mol. The Morgan fingerprint density at radius 2 is 1.80 bits per heavy atom. The van der Waals surface area contributed by atoms with E-state index in [0.717, 1.165) is 11.1 Å². The van der Waals surface area contributed by atoms with Crippen LogP contribution in [0.25, 0.3) is 0 Å². The standard InChI is InChI=1S/C21H24N2O7/c1-12-5-16(24)19(10-29-12)30-11-20(25)23-9-14-8-18(28-4)17(27-3)7-13(14)6-15(23)21(26)22-2/h5,7-8,10,15H,6,9,11H2,1-4H3,(H,22,26)/t15-/m1/s1. The Kier molecular flexibility index (Phi) is 6.29. The minimum Gasteiger partial charge on any atom is -0.493 e. The molecule has 2 aromatic rings. The predicted octanol–water partition coefficient (Wildman–Crippen LogP) is 1.04. The van der Waals surface area contributed by atoms with E-state index in [-0.39, 0.29) is 23.6 Å². The van der Waals surface area contributed by atoms with Gasteiger partial charge in [0.15, 0.2) is 18.1 Å². The SMILES string of the molecule is CNC(=O)[C@H]1Cc2cc(OC)c(OC)cc2CN1C(=O)COc1coc(C)cc1=O. The molecule has 30 heavy (non-hydrogen) atoms. The lowest BCUT2D eigenvalue weighted by Crippen LogP contribution is -2.53. The van der Waals surface area contributed by atoms with Crippen molar-refractivity contribution in [2.24, 2.45) is 0 Å². The summed E-state index contributed by atoms with van der Waals surface area (Å²) in [5, 5.41) is 2.60. The lowest BCUT2D eigenvalue weighted by atomic mass is 9.92. The van der Waals surface area contributed by atoms with Crippen LogP contribution in [0.15, 0.2) is 33.7 Å². The largest absolute Gasteiger partial charge is 0.493 e. The van der Waals surface area contributed by atoms with Crippen molar-refractivity contribution in [3.05, 3.63) is 51.6 Å². The number of benzene rings is 1. The topological polar surface area (TPSA) is 107 Å². The molecule has 0 radical (unpaired) electrons. The Morgan fingerprint density at radius 1 is 1.13 bits per heavy atom. The molecule has 1 aliphatic rings. The number of hydrogen-bond acceptors (Lipinski definition) is 7. The number of carbonyl (C=O) groups excluding carboxylic acids is 2.